The van der Waals surface area contributed by atoms with E-state index in [0.717, 1.165) is 29.6 Å². The number of anilines is 1. The molecule has 0 saturated heterocycles. The normalized spacial score (nSPS) is 11.2. The summed E-state index contributed by atoms with van der Waals surface area (Å²) in [4.78, 5) is 2.32. The molecule has 26 heavy (non-hydrogen) atoms. The Morgan fingerprint density at radius 3 is 2.46 bits per heavy atom. The molecule has 0 fully saturated rings. The minimum absolute atomic E-state index is 0.782. The van der Waals surface area contributed by atoms with Crippen LogP contribution in [0, 0.1) is 0 Å². The summed E-state index contributed by atoms with van der Waals surface area (Å²) in [7, 11) is 0. The summed E-state index contributed by atoms with van der Waals surface area (Å²) in [6, 6.07) is 18.7. The van der Waals surface area contributed by atoms with Crippen molar-refractivity contribution in [3.8, 4) is 0 Å². The van der Waals surface area contributed by atoms with Crippen LogP contribution in [-0.2, 0) is 5.75 Å². The van der Waals surface area contributed by atoms with Gasteiger partial charge in [-0.2, -0.15) is 9.78 Å². The molecule has 0 aliphatic rings. The molecule has 0 unspecified atom stereocenters. The van der Waals surface area contributed by atoms with Gasteiger partial charge in [-0.15, -0.1) is 10.2 Å². The standard InChI is InChI=1S/C20H23N5S/c1-3-24(4-2)19-12-10-17(11-13-19)14-22-25-16-21-23-20(25)26-15-18-8-6-5-7-9-18/h5-14,16H,3-4,15H2,1-2H3/b22-14-. The Kier molecular flexibility index (Phi) is 6.44. The molecule has 0 N–H and O–H groups in total. The third-order valence-corrected chi connectivity index (χ3v) is 5.07. The number of nitrogens with zero attached hydrogens (tertiary/aromatic N) is 5. The second-order valence-electron chi connectivity index (χ2n) is 5.74. The van der Waals surface area contributed by atoms with Gasteiger partial charge in [0.1, 0.15) is 6.33 Å². The predicted octanol–water partition coefficient (Wildman–Crippen LogP) is 4.30. The van der Waals surface area contributed by atoms with Crippen molar-refractivity contribution in [1.29, 1.82) is 0 Å². The van der Waals surface area contributed by atoms with Crippen LogP contribution >= 0.6 is 11.8 Å². The molecule has 0 atom stereocenters. The molecule has 6 heteroatoms. The van der Waals surface area contributed by atoms with Crippen LogP contribution in [0.5, 0.6) is 0 Å². The first-order valence-electron chi connectivity index (χ1n) is 8.76. The first-order valence-corrected chi connectivity index (χ1v) is 9.74. The van der Waals surface area contributed by atoms with Crippen LogP contribution in [0.1, 0.15) is 25.0 Å². The number of aromatic nitrogens is 3. The fourth-order valence-electron chi connectivity index (χ4n) is 2.60. The summed E-state index contributed by atoms with van der Waals surface area (Å²) >= 11 is 1.62. The van der Waals surface area contributed by atoms with Crippen molar-refractivity contribution in [3.05, 3.63) is 72.1 Å². The lowest BCUT2D eigenvalue weighted by Crippen LogP contribution is -2.21. The smallest absolute Gasteiger partial charge is 0.212 e. The Morgan fingerprint density at radius 2 is 1.77 bits per heavy atom. The number of hydrogen-bond donors (Lipinski definition) is 0. The Bertz CT molecular complexity index is 823. The van der Waals surface area contributed by atoms with Gasteiger partial charge in [0.25, 0.3) is 0 Å². The van der Waals surface area contributed by atoms with Gasteiger partial charge in [-0.25, -0.2) is 0 Å². The fraction of sp³-hybridized carbons (Fsp3) is 0.250. The van der Waals surface area contributed by atoms with E-state index in [1.807, 2.05) is 24.4 Å². The Labute approximate surface area is 158 Å². The van der Waals surface area contributed by atoms with Gasteiger partial charge < -0.3 is 4.90 Å². The quantitative estimate of drug-likeness (QED) is 0.441. The van der Waals surface area contributed by atoms with Crippen LogP contribution in [0.3, 0.4) is 0 Å². The highest BCUT2D eigenvalue weighted by Gasteiger charge is 2.05. The van der Waals surface area contributed by atoms with Gasteiger partial charge in [-0.05, 0) is 37.1 Å². The molecular weight excluding hydrogens is 342 g/mol. The Hall–Kier alpha value is -2.60. The van der Waals surface area contributed by atoms with E-state index in [-0.39, 0.29) is 0 Å². The highest BCUT2D eigenvalue weighted by molar-refractivity contribution is 7.98. The largest absolute Gasteiger partial charge is 0.372 e. The minimum atomic E-state index is 0.782. The molecule has 0 amide bonds. The average molecular weight is 366 g/mol. The van der Waals surface area contributed by atoms with Gasteiger partial charge in [0, 0.05) is 24.5 Å². The van der Waals surface area contributed by atoms with Crippen LogP contribution in [0.4, 0.5) is 5.69 Å². The highest BCUT2D eigenvalue weighted by atomic mass is 32.2. The van der Waals surface area contributed by atoms with Gasteiger partial charge in [0.05, 0.1) is 6.21 Å². The lowest BCUT2D eigenvalue weighted by Gasteiger charge is -2.20. The fourth-order valence-corrected chi connectivity index (χ4v) is 3.42. The number of hydrogen-bond acceptors (Lipinski definition) is 5. The molecule has 3 aromatic rings. The summed E-state index contributed by atoms with van der Waals surface area (Å²) in [6.07, 6.45) is 3.47. The Morgan fingerprint density at radius 1 is 1.04 bits per heavy atom. The van der Waals surface area contributed by atoms with Gasteiger partial charge in [-0.3, -0.25) is 0 Å². The van der Waals surface area contributed by atoms with Crippen molar-refractivity contribution in [2.45, 2.75) is 24.8 Å². The van der Waals surface area contributed by atoms with Crippen molar-refractivity contribution in [2.24, 2.45) is 5.10 Å². The topological polar surface area (TPSA) is 46.3 Å². The van der Waals surface area contributed by atoms with Gasteiger partial charge in [-0.1, -0.05) is 54.2 Å². The maximum absolute atomic E-state index is 4.50. The molecule has 0 aliphatic heterocycles. The van der Waals surface area contributed by atoms with Crippen LogP contribution in [0.25, 0.3) is 0 Å². The summed E-state index contributed by atoms with van der Waals surface area (Å²) in [5, 5.41) is 13.4. The lowest BCUT2D eigenvalue weighted by molar-refractivity contribution is 0.767. The number of rotatable bonds is 8. The minimum Gasteiger partial charge on any atom is -0.372 e. The second-order valence-corrected chi connectivity index (χ2v) is 6.68. The predicted molar refractivity (Wildman–Crippen MR) is 109 cm³/mol. The maximum Gasteiger partial charge on any atom is 0.212 e. The summed E-state index contributed by atoms with van der Waals surface area (Å²) in [6.45, 7) is 6.35. The van der Waals surface area contributed by atoms with Crippen molar-refractivity contribution in [2.75, 3.05) is 18.0 Å². The molecule has 0 aliphatic carbocycles. The van der Waals surface area contributed by atoms with Crippen LogP contribution < -0.4 is 4.90 Å². The van der Waals surface area contributed by atoms with Gasteiger partial charge >= 0.3 is 0 Å². The molecule has 134 valence electrons. The lowest BCUT2D eigenvalue weighted by atomic mass is 10.2. The molecule has 1 heterocycles. The highest BCUT2D eigenvalue weighted by Crippen LogP contribution is 2.20. The van der Waals surface area contributed by atoms with E-state index in [4.69, 9.17) is 0 Å². The Balaban J connectivity index is 1.65. The summed E-state index contributed by atoms with van der Waals surface area (Å²) in [5.74, 6) is 0.841. The van der Waals surface area contributed by atoms with Gasteiger partial charge in [0.2, 0.25) is 5.16 Å². The average Bonchev–Trinajstić information content (AvgIpc) is 3.15. The zero-order chi connectivity index (χ0) is 18.2. The molecule has 1 aromatic heterocycles. The molecule has 0 radical (unpaired) electrons. The molecule has 0 bridgehead atoms. The molecule has 0 spiro atoms. The molecule has 0 saturated carbocycles. The zero-order valence-corrected chi connectivity index (χ0v) is 15.9. The summed E-state index contributed by atoms with van der Waals surface area (Å²) in [5.41, 5.74) is 3.53. The third-order valence-electron chi connectivity index (χ3n) is 4.06. The van der Waals surface area contributed by atoms with E-state index >= 15 is 0 Å². The number of thioether (sulfide) groups is 1. The summed E-state index contributed by atoms with van der Waals surface area (Å²) < 4.78 is 1.71. The van der Waals surface area contributed by atoms with E-state index < -0.39 is 0 Å². The van der Waals surface area contributed by atoms with Crippen LogP contribution in [0.15, 0.2) is 71.2 Å². The van der Waals surface area contributed by atoms with E-state index in [1.165, 1.54) is 11.3 Å². The van der Waals surface area contributed by atoms with Crippen molar-refractivity contribution < 1.29 is 0 Å². The second kappa shape index (κ2) is 9.20. The van der Waals surface area contributed by atoms with Gasteiger partial charge in [0.15, 0.2) is 0 Å². The number of benzene rings is 2. The van der Waals surface area contributed by atoms with E-state index in [0.29, 0.717) is 0 Å². The zero-order valence-electron chi connectivity index (χ0n) is 15.1. The first kappa shape index (κ1) is 18.2. The van der Waals surface area contributed by atoms with Crippen molar-refractivity contribution in [1.82, 2.24) is 14.9 Å². The van der Waals surface area contributed by atoms with E-state index in [9.17, 15) is 0 Å². The van der Waals surface area contributed by atoms with Crippen molar-refractivity contribution in [3.63, 3.8) is 0 Å². The molecule has 2 aromatic carbocycles. The van der Waals surface area contributed by atoms with Crippen molar-refractivity contribution >= 4 is 23.7 Å². The maximum atomic E-state index is 4.50. The van der Waals surface area contributed by atoms with Crippen LogP contribution in [0.2, 0.25) is 0 Å². The van der Waals surface area contributed by atoms with Crippen LogP contribution in [-0.4, -0.2) is 34.2 Å². The molecular formula is C20H23N5S. The third kappa shape index (κ3) is 4.73. The molecule has 5 nitrogen and oxygen atoms in total. The first-order chi connectivity index (χ1) is 12.8. The SMILES string of the molecule is CCN(CC)c1ccc(/C=N\n2cnnc2SCc2ccccc2)cc1. The van der Waals surface area contributed by atoms with E-state index in [2.05, 4.69) is 70.4 Å². The monoisotopic (exact) mass is 365 g/mol. The molecule has 3 rings (SSSR count). The van der Waals surface area contributed by atoms with E-state index in [1.54, 1.807) is 22.8 Å².